The van der Waals surface area contributed by atoms with Crippen LogP contribution in [0.5, 0.6) is 0 Å². The summed E-state index contributed by atoms with van der Waals surface area (Å²) < 4.78 is 0. The highest BCUT2D eigenvalue weighted by atomic mass is 16.2. The summed E-state index contributed by atoms with van der Waals surface area (Å²) in [6.07, 6.45) is 1.59. The zero-order valence-corrected chi connectivity index (χ0v) is 14.0. The van der Waals surface area contributed by atoms with Crippen LogP contribution in [0.3, 0.4) is 0 Å². The van der Waals surface area contributed by atoms with Gasteiger partial charge in [-0.15, -0.1) is 10.2 Å². The first-order chi connectivity index (χ1) is 12.1. The van der Waals surface area contributed by atoms with Crippen LogP contribution < -0.4 is 5.43 Å². The van der Waals surface area contributed by atoms with E-state index >= 15 is 0 Å². The fraction of sp³-hybridized carbons (Fsp3) is 0.167. The van der Waals surface area contributed by atoms with Crippen LogP contribution in [0.2, 0.25) is 0 Å². The van der Waals surface area contributed by atoms with Gasteiger partial charge in [0.1, 0.15) is 6.54 Å². The molecule has 7 heteroatoms. The molecule has 25 heavy (non-hydrogen) atoms. The quantitative estimate of drug-likeness (QED) is 0.572. The van der Waals surface area contributed by atoms with Crippen LogP contribution in [0, 0.1) is 13.8 Å². The molecule has 0 aliphatic rings. The highest BCUT2D eigenvalue weighted by Gasteiger charge is 2.10. The molecule has 3 rings (SSSR count). The molecule has 1 N–H and O–H groups in total. The standard InChI is InChI=1S/C18H18N6O/c1-13-7-9-15(10-8-13)11-19-20-17(25)12-24-22-18(21-23-24)16-6-4-3-5-14(16)2/h3-11H,12H2,1-2H3,(H,20,25)/b19-11-. The van der Waals surface area contributed by atoms with E-state index in [0.29, 0.717) is 5.82 Å². The molecule has 0 saturated heterocycles. The van der Waals surface area contributed by atoms with E-state index in [1.807, 2.05) is 62.4 Å². The molecule has 126 valence electrons. The molecule has 0 fully saturated rings. The van der Waals surface area contributed by atoms with Crippen LogP contribution >= 0.6 is 0 Å². The van der Waals surface area contributed by atoms with Gasteiger partial charge >= 0.3 is 0 Å². The van der Waals surface area contributed by atoms with Crippen LogP contribution in [0.1, 0.15) is 16.7 Å². The molecule has 2 aromatic carbocycles. The first kappa shape index (κ1) is 16.5. The topological polar surface area (TPSA) is 85.1 Å². The van der Waals surface area contributed by atoms with Crippen molar-refractivity contribution in [3.05, 3.63) is 65.2 Å². The van der Waals surface area contributed by atoms with Crippen molar-refractivity contribution in [2.45, 2.75) is 20.4 Å². The molecule has 1 amide bonds. The highest BCUT2D eigenvalue weighted by Crippen LogP contribution is 2.17. The van der Waals surface area contributed by atoms with Crippen molar-refractivity contribution in [2.24, 2.45) is 5.10 Å². The molecule has 7 nitrogen and oxygen atoms in total. The van der Waals surface area contributed by atoms with Gasteiger partial charge in [0, 0.05) is 5.56 Å². The molecule has 0 aliphatic carbocycles. The molecule has 3 aromatic rings. The van der Waals surface area contributed by atoms with E-state index in [-0.39, 0.29) is 12.5 Å². The number of tetrazole rings is 1. The van der Waals surface area contributed by atoms with Crippen LogP contribution in [0.25, 0.3) is 11.4 Å². The lowest BCUT2D eigenvalue weighted by Crippen LogP contribution is -2.24. The maximum Gasteiger partial charge on any atom is 0.263 e. The zero-order chi connectivity index (χ0) is 17.6. The van der Waals surface area contributed by atoms with Gasteiger partial charge in [0.15, 0.2) is 0 Å². The van der Waals surface area contributed by atoms with Crippen LogP contribution in [0.4, 0.5) is 0 Å². The fourth-order valence-electron chi connectivity index (χ4n) is 2.24. The van der Waals surface area contributed by atoms with Crippen LogP contribution in [0.15, 0.2) is 53.6 Å². The number of hydrazone groups is 1. The third-order valence-electron chi connectivity index (χ3n) is 3.60. The SMILES string of the molecule is Cc1ccc(/C=N\NC(=O)Cn2nnc(-c3ccccc3C)n2)cc1. The van der Waals surface area contributed by atoms with Gasteiger partial charge < -0.3 is 0 Å². The van der Waals surface area contributed by atoms with Gasteiger partial charge in [-0.1, -0.05) is 54.1 Å². The molecule has 0 saturated carbocycles. The van der Waals surface area contributed by atoms with Crippen LogP contribution in [-0.2, 0) is 11.3 Å². The second-order valence-corrected chi connectivity index (χ2v) is 5.66. The molecule has 0 atom stereocenters. The summed E-state index contributed by atoms with van der Waals surface area (Å²) in [5.41, 5.74) is 6.48. The Kier molecular flexibility index (Phi) is 4.94. The molecular formula is C18H18N6O. The number of hydrogen-bond donors (Lipinski definition) is 1. The smallest absolute Gasteiger partial charge is 0.263 e. The summed E-state index contributed by atoms with van der Waals surface area (Å²) >= 11 is 0. The van der Waals surface area contributed by atoms with E-state index in [2.05, 4.69) is 25.9 Å². The van der Waals surface area contributed by atoms with Crippen molar-refractivity contribution in [2.75, 3.05) is 0 Å². The number of benzene rings is 2. The molecule has 0 radical (unpaired) electrons. The van der Waals surface area contributed by atoms with Gasteiger partial charge in [-0.3, -0.25) is 4.79 Å². The number of nitrogens with zero attached hydrogens (tertiary/aromatic N) is 5. The number of carbonyl (C=O) groups excluding carboxylic acids is 1. The maximum atomic E-state index is 11.9. The first-order valence-electron chi connectivity index (χ1n) is 7.84. The largest absolute Gasteiger partial charge is 0.271 e. The minimum absolute atomic E-state index is 0.0515. The molecule has 0 spiro atoms. The Morgan fingerprint density at radius 2 is 1.92 bits per heavy atom. The molecule has 0 bridgehead atoms. The van der Waals surface area contributed by atoms with Gasteiger partial charge in [0.25, 0.3) is 5.91 Å². The number of amides is 1. The van der Waals surface area contributed by atoms with Crippen LogP contribution in [-0.4, -0.2) is 32.3 Å². The fourth-order valence-corrected chi connectivity index (χ4v) is 2.24. The Hall–Kier alpha value is -3.35. The van der Waals surface area contributed by atoms with E-state index in [9.17, 15) is 4.79 Å². The second-order valence-electron chi connectivity index (χ2n) is 5.66. The Balaban J connectivity index is 1.58. The Morgan fingerprint density at radius 3 is 2.68 bits per heavy atom. The Labute approximate surface area is 145 Å². The molecular weight excluding hydrogens is 316 g/mol. The lowest BCUT2D eigenvalue weighted by atomic mass is 10.1. The third kappa shape index (κ3) is 4.35. The minimum atomic E-state index is -0.322. The molecule has 1 aromatic heterocycles. The van der Waals surface area contributed by atoms with Crippen molar-refractivity contribution in [1.29, 1.82) is 0 Å². The zero-order valence-electron chi connectivity index (χ0n) is 14.0. The summed E-state index contributed by atoms with van der Waals surface area (Å²) in [7, 11) is 0. The summed E-state index contributed by atoms with van der Waals surface area (Å²) in [6, 6.07) is 15.6. The van der Waals surface area contributed by atoms with Gasteiger partial charge in [-0.25, -0.2) is 5.43 Å². The summed E-state index contributed by atoms with van der Waals surface area (Å²) in [6.45, 7) is 3.94. The number of carbonyl (C=O) groups is 1. The number of aromatic nitrogens is 4. The van der Waals surface area contributed by atoms with Gasteiger partial charge in [-0.2, -0.15) is 9.90 Å². The molecule has 0 aliphatic heterocycles. The lowest BCUT2D eigenvalue weighted by Gasteiger charge is -1.99. The summed E-state index contributed by atoms with van der Waals surface area (Å²) in [5, 5.41) is 16.1. The van der Waals surface area contributed by atoms with Crippen molar-refractivity contribution in [3.63, 3.8) is 0 Å². The van der Waals surface area contributed by atoms with E-state index < -0.39 is 0 Å². The first-order valence-corrected chi connectivity index (χ1v) is 7.84. The minimum Gasteiger partial charge on any atom is -0.271 e. The lowest BCUT2D eigenvalue weighted by molar-refractivity contribution is -0.122. The van der Waals surface area contributed by atoms with Crippen molar-refractivity contribution in [1.82, 2.24) is 25.6 Å². The van der Waals surface area contributed by atoms with Crippen molar-refractivity contribution in [3.8, 4) is 11.4 Å². The highest BCUT2D eigenvalue weighted by molar-refractivity contribution is 5.82. The molecule has 0 unspecified atom stereocenters. The van der Waals surface area contributed by atoms with E-state index in [1.54, 1.807) is 6.21 Å². The average molecular weight is 334 g/mol. The monoisotopic (exact) mass is 334 g/mol. The predicted molar refractivity (Wildman–Crippen MR) is 94.9 cm³/mol. The number of aryl methyl sites for hydroxylation is 2. The van der Waals surface area contributed by atoms with Gasteiger partial charge in [-0.05, 0) is 30.2 Å². The molecule has 1 heterocycles. The van der Waals surface area contributed by atoms with Gasteiger partial charge in [0.05, 0.1) is 6.21 Å². The number of hydrogen-bond acceptors (Lipinski definition) is 5. The van der Waals surface area contributed by atoms with Crippen molar-refractivity contribution >= 4 is 12.1 Å². The van der Waals surface area contributed by atoms with E-state index in [0.717, 1.165) is 16.7 Å². The average Bonchev–Trinajstić information content (AvgIpc) is 3.05. The normalized spacial score (nSPS) is 11.0. The van der Waals surface area contributed by atoms with E-state index in [1.165, 1.54) is 10.4 Å². The van der Waals surface area contributed by atoms with E-state index in [4.69, 9.17) is 0 Å². The summed E-state index contributed by atoms with van der Waals surface area (Å²) in [4.78, 5) is 13.2. The number of nitrogens with one attached hydrogen (secondary N) is 1. The Morgan fingerprint density at radius 1 is 1.16 bits per heavy atom. The van der Waals surface area contributed by atoms with Crippen molar-refractivity contribution < 1.29 is 4.79 Å². The Bertz CT molecular complexity index is 898. The summed E-state index contributed by atoms with van der Waals surface area (Å²) in [5.74, 6) is 0.172. The van der Waals surface area contributed by atoms with Gasteiger partial charge in [0.2, 0.25) is 5.82 Å². The third-order valence-corrected chi connectivity index (χ3v) is 3.60. The predicted octanol–water partition coefficient (Wildman–Crippen LogP) is 2.11. The second kappa shape index (κ2) is 7.48. The maximum absolute atomic E-state index is 11.9. The number of rotatable bonds is 5.